The second-order valence-corrected chi connectivity index (χ2v) is 5.99. The van der Waals surface area contributed by atoms with Gasteiger partial charge in [0.25, 0.3) is 5.91 Å². The zero-order chi connectivity index (χ0) is 15.5. The van der Waals surface area contributed by atoms with Crippen LogP contribution in [0.2, 0.25) is 0 Å². The minimum atomic E-state index is -0.0162. The van der Waals surface area contributed by atoms with Gasteiger partial charge in [0.2, 0.25) is 0 Å². The van der Waals surface area contributed by atoms with Gasteiger partial charge in [-0.25, -0.2) is 4.98 Å². The summed E-state index contributed by atoms with van der Waals surface area (Å²) >= 11 is 0. The summed E-state index contributed by atoms with van der Waals surface area (Å²) in [4.78, 5) is 18.9. The van der Waals surface area contributed by atoms with Crippen LogP contribution in [0, 0.1) is 12.8 Å². The third-order valence-corrected chi connectivity index (χ3v) is 4.31. The summed E-state index contributed by atoms with van der Waals surface area (Å²) in [5, 5.41) is 3.39. The van der Waals surface area contributed by atoms with E-state index in [1.54, 1.807) is 6.07 Å². The molecule has 0 aliphatic carbocycles. The molecule has 0 saturated carbocycles. The molecule has 1 N–H and O–H groups in total. The van der Waals surface area contributed by atoms with Crippen molar-refractivity contribution in [2.24, 2.45) is 5.92 Å². The van der Waals surface area contributed by atoms with Crippen molar-refractivity contribution in [1.82, 2.24) is 15.2 Å². The predicted octanol–water partition coefficient (Wildman–Crippen LogP) is 2.60. The number of aromatic nitrogens is 1. The van der Waals surface area contributed by atoms with Gasteiger partial charge in [0.15, 0.2) is 11.3 Å². The largest absolute Gasteiger partial charge is 0.449 e. The number of rotatable bonds is 4. The minimum absolute atomic E-state index is 0.0162. The first-order valence-corrected chi connectivity index (χ1v) is 8.04. The van der Waals surface area contributed by atoms with Crippen LogP contribution < -0.4 is 5.32 Å². The zero-order valence-corrected chi connectivity index (χ0v) is 13.3. The molecule has 3 heterocycles. The van der Waals surface area contributed by atoms with Crippen LogP contribution in [0.3, 0.4) is 0 Å². The molecule has 0 spiro atoms. The van der Waals surface area contributed by atoms with Crippen LogP contribution in [0.5, 0.6) is 0 Å². The van der Waals surface area contributed by atoms with E-state index in [-0.39, 0.29) is 5.91 Å². The van der Waals surface area contributed by atoms with E-state index in [4.69, 9.17) is 4.42 Å². The van der Waals surface area contributed by atoms with Crippen molar-refractivity contribution >= 4 is 17.0 Å². The van der Waals surface area contributed by atoms with Crippen molar-refractivity contribution in [3.63, 3.8) is 0 Å². The van der Waals surface area contributed by atoms with Gasteiger partial charge in [-0.3, -0.25) is 4.79 Å². The molecule has 2 aromatic rings. The van der Waals surface area contributed by atoms with Gasteiger partial charge in [-0.05, 0) is 50.9 Å². The number of hydrogen-bond acceptors (Lipinski definition) is 4. The number of aryl methyl sites for hydroxylation is 1. The maximum atomic E-state index is 12.6. The van der Waals surface area contributed by atoms with Gasteiger partial charge in [-0.1, -0.05) is 6.92 Å². The van der Waals surface area contributed by atoms with E-state index in [1.807, 2.05) is 24.0 Å². The van der Waals surface area contributed by atoms with E-state index in [2.05, 4.69) is 17.2 Å². The Morgan fingerprint density at radius 3 is 2.91 bits per heavy atom. The molecule has 0 bridgehead atoms. The van der Waals surface area contributed by atoms with Gasteiger partial charge >= 0.3 is 0 Å². The highest BCUT2D eigenvalue weighted by atomic mass is 16.3. The second-order valence-electron chi connectivity index (χ2n) is 5.99. The van der Waals surface area contributed by atoms with E-state index < -0.39 is 0 Å². The lowest BCUT2D eigenvalue weighted by Gasteiger charge is -2.31. The maximum Gasteiger partial charge on any atom is 0.289 e. The quantitative estimate of drug-likeness (QED) is 0.943. The fourth-order valence-corrected chi connectivity index (χ4v) is 2.98. The number of piperidine rings is 1. The summed E-state index contributed by atoms with van der Waals surface area (Å²) in [6.45, 7) is 7.72. The third kappa shape index (κ3) is 3.14. The summed E-state index contributed by atoms with van der Waals surface area (Å²) in [6, 6.07) is 5.53. The van der Waals surface area contributed by atoms with Crippen LogP contribution in [0.15, 0.2) is 22.6 Å². The van der Waals surface area contributed by atoms with Crippen molar-refractivity contribution in [2.75, 3.05) is 26.2 Å². The van der Waals surface area contributed by atoms with Crippen LogP contribution in [0.25, 0.3) is 11.1 Å². The molecule has 0 unspecified atom stereocenters. The Morgan fingerprint density at radius 2 is 2.18 bits per heavy atom. The fourth-order valence-electron chi connectivity index (χ4n) is 2.98. The zero-order valence-electron chi connectivity index (χ0n) is 13.3. The van der Waals surface area contributed by atoms with Crippen LogP contribution in [-0.4, -0.2) is 42.0 Å². The number of furan rings is 1. The SMILES string of the molecule is CCNCC1CCN(C(=O)c2cc3nc(C)ccc3o2)CC1. The highest BCUT2D eigenvalue weighted by Gasteiger charge is 2.25. The average molecular weight is 301 g/mol. The first kappa shape index (κ1) is 15.0. The molecule has 1 aliphatic heterocycles. The lowest BCUT2D eigenvalue weighted by atomic mass is 9.96. The van der Waals surface area contributed by atoms with E-state index in [9.17, 15) is 4.79 Å². The molecule has 1 aliphatic rings. The Hall–Kier alpha value is -1.88. The highest BCUT2D eigenvalue weighted by Crippen LogP contribution is 2.22. The molecule has 2 aromatic heterocycles. The van der Waals surface area contributed by atoms with Gasteiger partial charge in [0.1, 0.15) is 5.52 Å². The molecule has 22 heavy (non-hydrogen) atoms. The Morgan fingerprint density at radius 1 is 1.41 bits per heavy atom. The second kappa shape index (κ2) is 6.48. The number of pyridine rings is 1. The number of hydrogen-bond donors (Lipinski definition) is 1. The minimum Gasteiger partial charge on any atom is -0.449 e. The van der Waals surface area contributed by atoms with Crippen LogP contribution in [-0.2, 0) is 0 Å². The summed E-state index contributed by atoms with van der Waals surface area (Å²) in [6.07, 6.45) is 2.10. The number of nitrogens with one attached hydrogen (secondary N) is 1. The highest BCUT2D eigenvalue weighted by molar-refractivity contribution is 5.95. The molecule has 0 aromatic carbocycles. The van der Waals surface area contributed by atoms with E-state index in [1.165, 1.54) is 0 Å². The summed E-state index contributed by atoms with van der Waals surface area (Å²) in [5.74, 6) is 1.06. The smallest absolute Gasteiger partial charge is 0.289 e. The number of fused-ring (bicyclic) bond motifs is 1. The lowest BCUT2D eigenvalue weighted by molar-refractivity contribution is 0.0660. The predicted molar refractivity (Wildman–Crippen MR) is 85.9 cm³/mol. The Bertz CT molecular complexity index is 657. The van der Waals surface area contributed by atoms with E-state index in [0.717, 1.165) is 50.2 Å². The number of amides is 1. The van der Waals surface area contributed by atoms with Crippen molar-refractivity contribution in [2.45, 2.75) is 26.7 Å². The number of nitrogens with zero attached hydrogens (tertiary/aromatic N) is 2. The number of carbonyl (C=O) groups excluding carboxylic acids is 1. The molecule has 5 heteroatoms. The molecule has 1 saturated heterocycles. The Balaban J connectivity index is 1.66. The standard InChI is InChI=1S/C17H23N3O2/c1-3-18-11-13-6-8-20(9-7-13)17(21)16-10-14-15(22-16)5-4-12(2)19-14/h4-5,10,13,18H,3,6-9,11H2,1-2H3. The molecule has 118 valence electrons. The molecule has 1 amide bonds. The molecular formula is C17H23N3O2. The van der Waals surface area contributed by atoms with Crippen LogP contribution in [0.1, 0.15) is 36.0 Å². The normalized spacial score (nSPS) is 16.4. The molecule has 0 radical (unpaired) electrons. The monoisotopic (exact) mass is 301 g/mol. The number of carbonyl (C=O) groups is 1. The van der Waals surface area contributed by atoms with E-state index in [0.29, 0.717) is 17.3 Å². The Labute approximate surface area is 130 Å². The molecular weight excluding hydrogens is 278 g/mol. The first-order valence-electron chi connectivity index (χ1n) is 8.04. The van der Waals surface area contributed by atoms with Crippen molar-refractivity contribution in [3.8, 4) is 0 Å². The van der Waals surface area contributed by atoms with Gasteiger partial charge in [-0.2, -0.15) is 0 Å². The first-order chi connectivity index (χ1) is 10.7. The van der Waals surface area contributed by atoms with Gasteiger partial charge < -0.3 is 14.6 Å². The van der Waals surface area contributed by atoms with Crippen molar-refractivity contribution in [3.05, 3.63) is 29.7 Å². The summed E-state index contributed by atoms with van der Waals surface area (Å²) in [7, 11) is 0. The van der Waals surface area contributed by atoms with Gasteiger partial charge in [0, 0.05) is 24.8 Å². The van der Waals surface area contributed by atoms with Crippen molar-refractivity contribution in [1.29, 1.82) is 0 Å². The van der Waals surface area contributed by atoms with Gasteiger partial charge in [0.05, 0.1) is 0 Å². The maximum absolute atomic E-state index is 12.6. The molecule has 0 atom stereocenters. The van der Waals surface area contributed by atoms with Crippen LogP contribution >= 0.6 is 0 Å². The summed E-state index contributed by atoms with van der Waals surface area (Å²) < 4.78 is 5.66. The Kier molecular flexibility index (Phi) is 4.43. The van der Waals surface area contributed by atoms with Crippen molar-refractivity contribution < 1.29 is 9.21 Å². The average Bonchev–Trinajstić information content (AvgIpc) is 2.95. The van der Waals surface area contributed by atoms with E-state index >= 15 is 0 Å². The summed E-state index contributed by atoms with van der Waals surface area (Å²) in [5.41, 5.74) is 2.36. The third-order valence-electron chi connectivity index (χ3n) is 4.31. The van der Waals surface area contributed by atoms with Gasteiger partial charge in [-0.15, -0.1) is 0 Å². The number of likely N-dealkylation sites (tertiary alicyclic amines) is 1. The fraction of sp³-hybridized carbons (Fsp3) is 0.529. The lowest BCUT2D eigenvalue weighted by Crippen LogP contribution is -2.40. The molecule has 1 fully saturated rings. The molecule has 3 rings (SSSR count). The van der Waals surface area contributed by atoms with Crippen LogP contribution in [0.4, 0.5) is 0 Å². The molecule has 5 nitrogen and oxygen atoms in total. The topological polar surface area (TPSA) is 58.4 Å².